The second-order valence-electron chi connectivity index (χ2n) is 7.07. The van der Waals surface area contributed by atoms with Gasteiger partial charge >= 0.3 is 0 Å². The van der Waals surface area contributed by atoms with Crippen LogP contribution in [-0.2, 0) is 7.05 Å². The van der Waals surface area contributed by atoms with Gasteiger partial charge in [0.15, 0.2) is 5.69 Å². The Hall–Kier alpha value is -3.81. The summed E-state index contributed by atoms with van der Waals surface area (Å²) in [5.41, 5.74) is 2.98. The van der Waals surface area contributed by atoms with E-state index in [0.29, 0.717) is 23.0 Å². The smallest absolute Gasteiger partial charge is 0.273 e. The predicted molar refractivity (Wildman–Crippen MR) is 113 cm³/mol. The quantitative estimate of drug-likeness (QED) is 0.514. The van der Waals surface area contributed by atoms with E-state index in [1.807, 2.05) is 55.1 Å². The van der Waals surface area contributed by atoms with Crippen molar-refractivity contribution in [3.63, 3.8) is 0 Å². The van der Waals surface area contributed by atoms with E-state index >= 15 is 0 Å². The molecule has 2 N–H and O–H groups in total. The molecule has 154 valence electrons. The molecule has 2 aromatic carbocycles. The summed E-state index contributed by atoms with van der Waals surface area (Å²) in [6, 6.07) is 10.8. The normalized spacial score (nSPS) is 12.0. The molecule has 1 atom stereocenters. The van der Waals surface area contributed by atoms with Gasteiger partial charge in [-0.3, -0.25) is 9.89 Å². The molecule has 2 heterocycles. The van der Waals surface area contributed by atoms with Crippen LogP contribution >= 0.6 is 0 Å². The SMILES string of the molecule is COc1cc(OC)cc(C(NC(=O)c2n[nH]c3ccc(C)cc23)c2nccn2C)c1. The Morgan fingerprint density at radius 1 is 1.13 bits per heavy atom. The van der Waals surface area contributed by atoms with Crippen molar-refractivity contribution in [1.82, 2.24) is 25.1 Å². The van der Waals surface area contributed by atoms with Crippen molar-refractivity contribution in [3.8, 4) is 11.5 Å². The summed E-state index contributed by atoms with van der Waals surface area (Å²) in [7, 11) is 5.06. The molecule has 4 aromatic rings. The van der Waals surface area contributed by atoms with Crippen LogP contribution in [0.25, 0.3) is 10.9 Å². The second kappa shape index (κ2) is 7.90. The van der Waals surface area contributed by atoms with Crippen LogP contribution in [0.15, 0.2) is 48.8 Å². The number of benzene rings is 2. The van der Waals surface area contributed by atoms with Crippen LogP contribution < -0.4 is 14.8 Å². The summed E-state index contributed by atoms with van der Waals surface area (Å²) in [6.45, 7) is 1.98. The Bertz CT molecular complexity index is 1190. The molecule has 4 rings (SSSR count). The van der Waals surface area contributed by atoms with Gasteiger partial charge in [-0.05, 0) is 36.8 Å². The van der Waals surface area contributed by atoms with E-state index in [2.05, 4.69) is 20.5 Å². The first-order valence-corrected chi connectivity index (χ1v) is 9.46. The Morgan fingerprint density at radius 2 is 1.87 bits per heavy atom. The number of amides is 1. The molecule has 0 fully saturated rings. The van der Waals surface area contributed by atoms with Crippen LogP contribution in [0.1, 0.15) is 33.5 Å². The molecule has 0 aliphatic carbocycles. The van der Waals surface area contributed by atoms with Gasteiger partial charge in [0, 0.05) is 30.9 Å². The van der Waals surface area contributed by atoms with E-state index in [9.17, 15) is 4.79 Å². The number of H-pyrrole nitrogens is 1. The molecule has 8 heteroatoms. The van der Waals surface area contributed by atoms with Crippen LogP contribution in [0, 0.1) is 6.92 Å². The van der Waals surface area contributed by atoms with Crippen molar-refractivity contribution >= 4 is 16.8 Å². The minimum absolute atomic E-state index is 0.304. The summed E-state index contributed by atoms with van der Waals surface area (Å²) < 4.78 is 12.7. The highest BCUT2D eigenvalue weighted by Crippen LogP contribution is 2.30. The topological polar surface area (TPSA) is 94.1 Å². The van der Waals surface area contributed by atoms with Crippen molar-refractivity contribution in [1.29, 1.82) is 0 Å². The number of nitrogens with one attached hydrogen (secondary N) is 2. The highest BCUT2D eigenvalue weighted by Gasteiger charge is 2.25. The Balaban J connectivity index is 1.77. The number of fused-ring (bicyclic) bond motifs is 1. The maximum absolute atomic E-state index is 13.2. The number of rotatable bonds is 6. The zero-order chi connectivity index (χ0) is 21.3. The Labute approximate surface area is 173 Å². The number of aryl methyl sites for hydroxylation is 2. The minimum Gasteiger partial charge on any atom is -0.497 e. The average Bonchev–Trinajstić information content (AvgIpc) is 3.37. The predicted octanol–water partition coefficient (Wildman–Crippen LogP) is 3.14. The molecular weight excluding hydrogens is 382 g/mol. The largest absolute Gasteiger partial charge is 0.497 e. The Kier molecular flexibility index (Phi) is 5.14. The fourth-order valence-corrected chi connectivity index (χ4v) is 3.45. The molecule has 0 saturated heterocycles. The van der Waals surface area contributed by atoms with E-state index in [1.165, 1.54) is 0 Å². The van der Waals surface area contributed by atoms with Gasteiger partial charge in [0.1, 0.15) is 23.4 Å². The monoisotopic (exact) mass is 405 g/mol. The lowest BCUT2D eigenvalue weighted by molar-refractivity contribution is 0.0937. The summed E-state index contributed by atoms with van der Waals surface area (Å²) in [5.74, 6) is 1.62. The molecule has 0 aliphatic rings. The fraction of sp³-hybridized carbons (Fsp3) is 0.227. The molecule has 0 aliphatic heterocycles. The van der Waals surface area contributed by atoms with Crippen LogP contribution in [-0.4, -0.2) is 39.9 Å². The van der Waals surface area contributed by atoms with Gasteiger partial charge in [-0.2, -0.15) is 5.10 Å². The Morgan fingerprint density at radius 3 is 2.50 bits per heavy atom. The first-order chi connectivity index (χ1) is 14.5. The van der Waals surface area contributed by atoms with Crippen LogP contribution in [0.4, 0.5) is 0 Å². The molecule has 30 heavy (non-hydrogen) atoms. The fourth-order valence-electron chi connectivity index (χ4n) is 3.45. The number of nitrogens with zero attached hydrogens (tertiary/aromatic N) is 3. The molecule has 1 amide bonds. The number of hydrogen-bond acceptors (Lipinski definition) is 5. The summed E-state index contributed by atoms with van der Waals surface area (Å²) in [4.78, 5) is 17.7. The van der Waals surface area contributed by atoms with Crippen LogP contribution in [0.3, 0.4) is 0 Å². The number of carbonyl (C=O) groups is 1. The number of ether oxygens (including phenoxy) is 2. The van der Waals surface area contributed by atoms with E-state index in [0.717, 1.165) is 22.0 Å². The minimum atomic E-state index is -0.530. The van der Waals surface area contributed by atoms with Gasteiger partial charge < -0.3 is 19.4 Å². The van der Waals surface area contributed by atoms with Crippen LogP contribution in [0.5, 0.6) is 11.5 Å². The molecule has 1 unspecified atom stereocenters. The van der Waals surface area contributed by atoms with Crippen molar-refractivity contribution in [2.45, 2.75) is 13.0 Å². The molecule has 8 nitrogen and oxygen atoms in total. The lowest BCUT2D eigenvalue weighted by atomic mass is 10.0. The van der Waals surface area contributed by atoms with E-state index in [4.69, 9.17) is 9.47 Å². The summed E-state index contributed by atoms with van der Waals surface area (Å²) in [5, 5.41) is 11.0. The maximum Gasteiger partial charge on any atom is 0.273 e. The third kappa shape index (κ3) is 3.59. The van der Waals surface area contributed by atoms with Crippen molar-refractivity contribution in [3.05, 3.63) is 71.4 Å². The molecular formula is C22H23N5O3. The van der Waals surface area contributed by atoms with Gasteiger partial charge in [-0.25, -0.2) is 4.98 Å². The summed E-state index contributed by atoms with van der Waals surface area (Å²) >= 11 is 0. The lowest BCUT2D eigenvalue weighted by Crippen LogP contribution is -2.31. The lowest BCUT2D eigenvalue weighted by Gasteiger charge is -2.20. The van der Waals surface area contributed by atoms with Crippen molar-refractivity contribution in [2.24, 2.45) is 7.05 Å². The average molecular weight is 405 g/mol. The first-order valence-electron chi connectivity index (χ1n) is 9.46. The molecule has 0 saturated carbocycles. The van der Waals surface area contributed by atoms with E-state index < -0.39 is 6.04 Å². The van der Waals surface area contributed by atoms with Gasteiger partial charge in [0.25, 0.3) is 5.91 Å². The van der Waals surface area contributed by atoms with Gasteiger partial charge in [-0.1, -0.05) is 11.6 Å². The number of imidazole rings is 1. The number of methoxy groups -OCH3 is 2. The standard InChI is InChI=1S/C22H23N5O3/c1-13-5-6-18-17(9-13)20(26-25-18)22(28)24-19(21-23-7-8-27(21)2)14-10-15(29-3)12-16(11-14)30-4/h5-12,19H,1-4H3,(H,24,28)(H,25,26). The highest BCUT2D eigenvalue weighted by molar-refractivity contribution is 6.05. The molecule has 0 radical (unpaired) electrons. The van der Waals surface area contributed by atoms with E-state index in [-0.39, 0.29) is 5.91 Å². The second-order valence-corrected chi connectivity index (χ2v) is 7.07. The number of aromatic amines is 1. The highest BCUT2D eigenvalue weighted by atomic mass is 16.5. The first kappa shape index (κ1) is 19.5. The molecule has 0 bridgehead atoms. The van der Waals surface area contributed by atoms with Gasteiger partial charge in [0.2, 0.25) is 0 Å². The third-order valence-electron chi connectivity index (χ3n) is 5.03. The zero-order valence-electron chi connectivity index (χ0n) is 17.3. The molecule has 0 spiro atoms. The van der Waals surface area contributed by atoms with Gasteiger partial charge in [0.05, 0.1) is 19.7 Å². The number of aromatic nitrogens is 4. The van der Waals surface area contributed by atoms with Crippen molar-refractivity contribution in [2.75, 3.05) is 14.2 Å². The van der Waals surface area contributed by atoms with Gasteiger partial charge in [-0.15, -0.1) is 0 Å². The molecule has 2 aromatic heterocycles. The number of hydrogen-bond donors (Lipinski definition) is 2. The van der Waals surface area contributed by atoms with Crippen molar-refractivity contribution < 1.29 is 14.3 Å². The summed E-state index contributed by atoms with van der Waals surface area (Å²) in [6.07, 6.45) is 3.53. The number of carbonyl (C=O) groups excluding carboxylic acids is 1. The van der Waals surface area contributed by atoms with Crippen LogP contribution in [0.2, 0.25) is 0 Å². The third-order valence-corrected chi connectivity index (χ3v) is 5.03. The maximum atomic E-state index is 13.2. The zero-order valence-corrected chi connectivity index (χ0v) is 17.3. The van der Waals surface area contributed by atoms with E-state index in [1.54, 1.807) is 26.5 Å².